The third-order valence-corrected chi connectivity index (χ3v) is 1.96. The third kappa shape index (κ3) is 4.03. The Morgan fingerprint density at radius 3 is 2.35 bits per heavy atom. The van der Waals surface area contributed by atoms with E-state index in [0.29, 0.717) is 6.54 Å². The molecule has 1 aromatic rings. The van der Waals surface area contributed by atoms with Crippen LogP contribution in [0.2, 0.25) is 0 Å². The lowest BCUT2D eigenvalue weighted by molar-refractivity contribution is 0.0683. The van der Waals surface area contributed by atoms with Crippen molar-refractivity contribution in [3.05, 3.63) is 23.8 Å². The second-order valence-corrected chi connectivity index (χ2v) is 5.26. The van der Waals surface area contributed by atoms with Crippen LogP contribution in [0.4, 0.5) is 0 Å². The lowest BCUT2D eigenvalue weighted by atomic mass is 10.2. The van der Waals surface area contributed by atoms with Gasteiger partial charge >= 0.3 is 5.97 Å². The maximum atomic E-state index is 11.7. The minimum atomic E-state index is -1.28. The van der Waals surface area contributed by atoms with E-state index in [4.69, 9.17) is 5.11 Å². The van der Waals surface area contributed by atoms with E-state index >= 15 is 0 Å². The molecule has 0 bridgehead atoms. The molecule has 0 radical (unpaired) electrons. The van der Waals surface area contributed by atoms with Gasteiger partial charge in [0, 0.05) is 23.7 Å². The number of aromatic carboxylic acids is 1. The highest BCUT2D eigenvalue weighted by molar-refractivity contribution is 7.81. The zero-order chi connectivity index (χ0) is 13.1. The van der Waals surface area contributed by atoms with Gasteiger partial charge in [0.25, 0.3) is 5.91 Å². The molecule has 0 saturated heterocycles. The lowest BCUT2D eigenvalue weighted by Crippen LogP contribution is -2.36. The number of nitrogens with one attached hydrogen (secondary N) is 1. The fourth-order valence-corrected chi connectivity index (χ4v) is 1.12. The Balaban J connectivity index is 2.86. The monoisotopic (exact) mass is 255 g/mol. The largest absolute Gasteiger partial charge is 0.476 e. The van der Waals surface area contributed by atoms with Crippen molar-refractivity contribution in [1.29, 1.82) is 0 Å². The summed E-state index contributed by atoms with van der Waals surface area (Å²) in [5, 5.41) is 11.4. The number of thiol groups is 1. The summed E-state index contributed by atoms with van der Waals surface area (Å²) < 4.78 is -0.388. The Kier molecular flexibility index (Phi) is 4.06. The van der Waals surface area contributed by atoms with Crippen LogP contribution in [0.15, 0.2) is 12.4 Å². The number of aromatic nitrogens is 2. The summed E-state index contributed by atoms with van der Waals surface area (Å²) in [4.78, 5) is 29.9. The van der Waals surface area contributed by atoms with Gasteiger partial charge in [-0.05, 0) is 13.8 Å². The fraction of sp³-hybridized carbons (Fsp3) is 0.400. The van der Waals surface area contributed by atoms with Gasteiger partial charge < -0.3 is 10.4 Å². The van der Waals surface area contributed by atoms with E-state index in [1.807, 2.05) is 13.8 Å². The highest BCUT2D eigenvalue weighted by atomic mass is 32.1. The van der Waals surface area contributed by atoms with Crippen molar-refractivity contribution < 1.29 is 14.7 Å². The van der Waals surface area contributed by atoms with Crippen molar-refractivity contribution in [2.45, 2.75) is 18.6 Å². The summed E-state index contributed by atoms with van der Waals surface area (Å²) in [5.74, 6) is -1.86. The number of hydrogen-bond donors (Lipinski definition) is 3. The average Bonchev–Trinajstić information content (AvgIpc) is 2.25. The van der Waals surface area contributed by atoms with Crippen LogP contribution in [-0.4, -0.2) is 38.2 Å². The number of carbonyl (C=O) groups is 2. The molecule has 17 heavy (non-hydrogen) atoms. The van der Waals surface area contributed by atoms with Crippen molar-refractivity contribution in [2.24, 2.45) is 0 Å². The molecule has 0 fully saturated rings. The Bertz CT molecular complexity index is 443. The maximum absolute atomic E-state index is 11.7. The minimum absolute atomic E-state index is 0.197. The molecule has 0 unspecified atom stereocenters. The van der Waals surface area contributed by atoms with Crippen LogP contribution in [0.5, 0.6) is 0 Å². The van der Waals surface area contributed by atoms with E-state index in [1.54, 1.807) is 0 Å². The van der Waals surface area contributed by atoms with Gasteiger partial charge in [-0.3, -0.25) is 4.79 Å². The number of carboxylic acids is 1. The summed E-state index contributed by atoms with van der Waals surface area (Å²) in [6.07, 6.45) is 2.50. The Morgan fingerprint density at radius 2 is 1.88 bits per heavy atom. The molecule has 6 nitrogen and oxygen atoms in total. The smallest absolute Gasteiger partial charge is 0.356 e. The Morgan fingerprint density at radius 1 is 1.35 bits per heavy atom. The summed E-state index contributed by atoms with van der Waals surface area (Å²) in [6, 6.07) is 0. The number of rotatable bonds is 4. The molecule has 1 aromatic heterocycles. The summed E-state index contributed by atoms with van der Waals surface area (Å²) in [7, 11) is 0. The molecule has 0 saturated carbocycles. The van der Waals surface area contributed by atoms with Gasteiger partial charge in [-0.15, -0.1) is 0 Å². The first-order valence-corrected chi connectivity index (χ1v) is 5.31. The van der Waals surface area contributed by atoms with Gasteiger partial charge in [0.15, 0.2) is 11.4 Å². The van der Waals surface area contributed by atoms with Gasteiger partial charge in [0.2, 0.25) is 0 Å². The first-order chi connectivity index (χ1) is 7.81. The minimum Gasteiger partial charge on any atom is -0.476 e. The second kappa shape index (κ2) is 5.13. The third-order valence-electron chi connectivity index (χ3n) is 1.80. The van der Waals surface area contributed by atoms with Crippen LogP contribution in [0.25, 0.3) is 0 Å². The molecule has 1 heterocycles. The SMILES string of the molecule is CC(C)(S)CNC(=O)c1nccnc1C(=O)O. The predicted molar refractivity (Wildman–Crippen MR) is 64.4 cm³/mol. The molecule has 0 aliphatic rings. The zero-order valence-corrected chi connectivity index (χ0v) is 10.4. The average molecular weight is 255 g/mol. The van der Waals surface area contributed by atoms with E-state index in [2.05, 4.69) is 27.9 Å². The van der Waals surface area contributed by atoms with Crippen LogP contribution in [-0.2, 0) is 0 Å². The number of amides is 1. The first kappa shape index (κ1) is 13.4. The lowest BCUT2D eigenvalue weighted by Gasteiger charge is -2.17. The van der Waals surface area contributed by atoms with Crippen molar-refractivity contribution in [3.63, 3.8) is 0 Å². The van der Waals surface area contributed by atoms with Crippen LogP contribution < -0.4 is 5.32 Å². The molecule has 92 valence electrons. The summed E-state index contributed by atoms with van der Waals surface area (Å²) in [6.45, 7) is 3.95. The van der Waals surface area contributed by atoms with Crippen LogP contribution in [0.3, 0.4) is 0 Å². The standard InChI is InChI=1S/C10H13N3O3S/c1-10(2,17)5-13-8(14)6-7(9(15)16)12-4-3-11-6/h3-4,17H,5H2,1-2H3,(H,13,14)(H,15,16). The van der Waals surface area contributed by atoms with Gasteiger partial charge in [-0.2, -0.15) is 12.6 Å². The molecule has 0 spiro atoms. The highest BCUT2D eigenvalue weighted by Gasteiger charge is 2.21. The molecule has 2 N–H and O–H groups in total. The molecule has 0 atom stereocenters. The van der Waals surface area contributed by atoms with Crippen LogP contribution in [0, 0.1) is 0 Å². The highest BCUT2D eigenvalue weighted by Crippen LogP contribution is 2.10. The zero-order valence-electron chi connectivity index (χ0n) is 9.47. The van der Waals surface area contributed by atoms with Gasteiger partial charge in [0.05, 0.1) is 0 Å². The quantitative estimate of drug-likeness (QED) is 0.686. The summed E-state index contributed by atoms with van der Waals surface area (Å²) >= 11 is 4.24. The number of nitrogens with zero attached hydrogens (tertiary/aromatic N) is 2. The van der Waals surface area contributed by atoms with Crippen molar-refractivity contribution >= 4 is 24.5 Å². The van der Waals surface area contributed by atoms with E-state index in [1.165, 1.54) is 12.4 Å². The van der Waals surface area contributed by atoms with E-state index in [9.17, 15) is 9.59 Å². The van der Waals surface area contributed by atoms with Crippen LogP contribution >= 0.6 is 12.6 Å². The van der Waals surface area contributed by atoms with Gasteiger partial charge in [0.1, 0.15) is 0 Å². The number of carbonyl (C=O) groups excluding carboxylic acids is 1. The fourth-order valence-electron chi connectivity index (χ4n) is 1.04. The Hall–Kier alpha value is -1.63. The Labute approximate surface area is 104 Å². The maximum Gasteiger partial charge on any atom is 0.356 e. The predicted octanol–water partition coefficient (Wildman–Crippen LogP) is 0.613. The van der Waals surface area contributed by atoms with Crippen molar-refractivity contribution in [3.8, 4) is 0 Å². The van der Waals surface area contributed by atoms with E-state index in [0.717, 1.165) is 0 Å². The normalized spacial score (nSPS) is 11.0. The molecular formula is C10H13N3O3S. The van der Waals surface area contributed by atoms with Gasteiger partial charge in [-0.25, -0.2) is 14.8 Å². The first-order valence-electron chi connectivity index (χ1n) is 4.86. The second-order valence-electron chi connectivity index (χ2n) is 4.05. The number of carboxylic acid groups (broad SMARTS) is 1. The molecule has 0 aliphatic heterocycles. The molecule has 0 aromatic carbocycles. The van der Waals surface area contributed by atoms with Crippen molar-refractivity contribution in [1.82, 2.24) is 15.3 Å². The molecule has 1 amide bonds. The molecular weight excluding hydrogens is 242 g/mol. The molecule has 7 heteroatoms. The number of hydrogen-bond acceptors (Lipinski definition) is 5. The van der Waals surface area contributed by atoms with Gasteiger partial charge in [-0.1, -0.05) is 0 Å². The summed E-state index contributed by atoms with van der Waals surface area (Å²) in [5.41, 5.74) is -0.556. The van der Waals surface area contributed by atoms with Crippen LogP contribution in [0.1, 0.15) is 34.8 Å². The van der Waals surface area contributed by atoms with Crippen molar-refractivity contribution in [2.75, 3.05) is 6.54 Å². The van der Waals surface area contributed by atoms with E-state index < -0.39 is 11.9 Å². The molecule has 0 aliphatic carbocycles. The topological polar surface area (TPSA) is 92.2 Å². The van der Waals surface area contributed by atoms with E-state index in [-0.39, 0.29) is 16.1 Å². The molecule has 1 rings (SSSR count).